The first-order chi connectivity index (χ1) is 13.1. The molecule has 1 aliphatic heterocycles. The fraction of sp³-hybridized carbons (Fsp3) is 0.316. The Labute approximate surface area is 155 Å². The summed E-state index contributed by atoms with van der Waals surface area (Å²) < 4.78 is 14.6. The number of aryl methyl sites for hydroxylation is 1. The van der Waals surface area contributed by atoms with Gasteiger partial charge in [-0.1, -0.05) is 0 Å². The van der Waals surface area contributed by atoms with E-state index in [0.717, 1.165) is 29.9 Å². The second-order valence-corrected chi connectivity index (χ2v) is 6.62. The lowest BCUT2D eigenvalue weighted by molar-refractivity contribution is 0.0698. The van der Waals surface area contributed by atoms with Gasteiger partial charge in [-0.2, -0.15) is 0 Å². The quantitative estimate of drug-likeness (QED) is 0.712. The molecule has 138 valence electrons. The summed E-state index contributed by atoms with van der Waals surface area (Å²) in [6.07, 6.45) is 4.82. The van der Waals surface area contributed by atoms with Crippen LogP contribution in [-0.4, -0.2) is 48.6 Å². The van der Waals surface area contributed by atoms with E-state index in [0.29, 0.717) is 13.1 Å². The minimum absolute atomic E-state index is 0.143. The fourth-order valence-electron chi connectivity index (χ4n) is 3.27. The molecule has 0 spiro atoms. The van der Waals surface area contributed by atoms with E-state index in [1.54, 1.807) is 30.3 Å². The molecule has 2 aromatic heterocycles. The van der Waals surface area contributed by atoms with Gasteiger partial charge in [-0.3, -0.25) is 9.48 Å². The van der Waals surface area contributed by atoms with Crippen LogP contribution in [-0.2, 0) is 7.05 Å². The van der Waals surface area contributed by atoms with Crippen LogP contribution >= 0.6 is 0 Å². The third-order valence-electron chi connectivity index (χ3n) is 4.75. The molecule has 7 nitrogen and oxygen atoms in total. The zero-order chi connectivity index (χ0) is 18.8. The number of halogens is 1. The van der Waals surface area contributed by atoms with Gasteiger partial charge in [-0.05, 0) is 43.2 Å². The van der Waals surface area contributed by atoms with E-state index >= 15 is 0 Å². The molecule has 1 aliphatic rings. The molecular weight excluding hydrogens is 347 g/mol. The Morgan fingerprint density at radius 2 is 1.85 bits per heavy atom. The molecule has 0 aliphatic carbocycles. The summed E-state index contributed by atoms with van der Waals surface area (Å²) in [6.45, 7) is 1.23. The van der Waals surface area contributed by atoms with Crippen LogP contribution in [0, 0.1) is 5.82 Å². The lowest BCUT2D eigenvalue weighted by Gasteiger charge is -2.30. The molecule has 4 rings (SSSR count). The Hall–Kier alpha value is -3.16. The number of likely N-dealkylation sites (tertiary alicyclic amines) is 1. The van der Waals surface area contributed by atoms with Gasteiger partial charge >= 0.3 is 0 Å². The molecule has 1 aromatic carbocycles. The van der Waals surface area contributed by atoms with Gasteiger partial charge in [0.25, 0.3) is 5.91 Å². The Morgan fingerprint density at radius 1 is 1.11 bits per heavy atom. The maximum absolute atomic E-state index is 13.1. The van der Waals surface area contributed by atoms with Crippen molar-refractivity contribution in [2.75, 3.05) is 13.1 Å². The van der Waals surface area contributed by atoms with Gasteiger partial charge in [-0.25, -0.2) is 19.3 Å². The smallest absolute Gasteiger partial charge is 0.293 e. The number of amides is 1. The predicted octanol–water partition coefficient (Wildman–Crippen LogP) is 2.43. The number of hydrogen-bond acceptors (Lipinski definition) is 5. The summed E-state index contributed by atoms with van der Waals surface area (Å²) >= 11 is 0. The Morgan fingerprint density at radius 3 is 2.52 bits per heavy atom. The average molecular weight is 366 g/mol. The standard InChI is InChI=1S/C19H19FN6O/c1-25-12-22-18(24-25)19(27)26-10-7-14(8-11-26)17-21-9-6-16(23-17)13-2-4-15(20)5-3-13/h2-6,9,12,14H,7-8,10-11H2,1H3. The molecule has 0 unspecified atom stereocenters. The van der Waals surface area contributed by atoms with Crippen molar-refractivity contribution in [2.24, 2.45) is 7.05 Å². The van der Waals surface area contributed by atoms with Crippen molar-refractivity contribution in [1.29, 1.82) is 0 Å². The van der Waals surface area contributed by atoms with Crippen LogP contribution in [0.5, 0.6) is 0 Å². The normalized spacial score (nSPS) is 15.1. The monoisotopic (exact) mass is 366 g/mol. The molecule has 0 N–H and O–H groups in total. The van der Waals surface area contributed by atoms with Gasteiger partial charge in [0.2, 0.25) is 5.82 Å². The summed E-state index contributed by atoms with van der Waals surface area (Å²) in [5.41, 5.74) is 1.63. The minimum Gasteiger partial charge on any atom is -0.336 e. The van der Waals surface area contributed by atoms with Crippen molar-refractivity contribution in [3.8, 4) is 11.3 Å². The van der Waals surface area contributed by atoms with Crippen LogP contribution < -0.4 is 0 Å². The van der Waals surface area contributed by atoms with E-state index in [9.17, 15) is 9.18 Å². The van der Waals surface area contributed by atoms with Crippen LogP contribution in [0.2, 0.25) is 0 Å². The Bertz CT molecular complexity index is 947. The lowest BCUT2D eigenvalue weighted by Crippen LogP contribution is -2.38. The predicted molar refractivity (Wildman–Crippen MR) is 96.3 cm³/mol. The molecular formula is C19H19FN6O. The van der Waals surface area contributed by atoms with E-state index in [1.165, 1.54) is 23.1 Å². The van der Waals surface area contributed by atoms with Crippen molar-refractivity contribution in [2.45, 2.75) is 18.8 Å². The number of rotatable bonds is 3. The third-order valence-corrected chi connectivity index (χ3v) is 4.75. The highest BCUT2D eigenvalue weighted by Crippen LogP contribution is 2.27. The number of hydrogen-bond donors (Lipinski definition) is 0. The van der Waals surface area contributed by atoms with Gasteiger partial charge in [0.15, 0.2) is 0 Å². The molecule has 27 heavy (non-hydrogen) atoms. The number of aromatic nitrogens is 5. The van der Waals surface area contributed by atoms with Crippen molar-refractivity contribution >= 4 is 5.91 Å². The summed E-state index contributed by atoms with van der Waals surface area (Å²) in [7, 11) is 1.74. The van der Waals surface area contributed by atoms with E-state index < -0.39 is 0 Å². The third kappa shape index (κ3) is 3.69. The Kier molecular flexibility index (Phi) is 4.62. The van der Waals surface area contributed by atoms with Crippen LogP contribution in [0.25, 0.3) is 11.3 Å². The van der Waals surface area contributed by atoms with Crippen LogP contribution in [0.4, 0.5) is 4.39 Å². The number of carbonyl (C=O) groups excluding carboxylic acids is 1. The summed E-state index contributed by atoms with van der Waals surface area (Å²) in [5, 5.41) is 4.08. The van der Waals surface area contributed by atoms with E-state index in [2.05, 4.69) is 20.1 Å². The lowest BCUT2D eigenvalue weighted by atomic mass is 9.95. The molecule has 0 atom stereocenters. The van der Waals surface area contributed by atoms with Crippen molar-refractivity contribution in [3.63, 3.8) is 0 Å². The first kappa shape index (κ1) is 17.3. The van der Waals surface area contributed by atoms with Crippen molar-refractivity contribution < 1.29 is 9.18 Å². The zero-order valence-corrected chi connectivity index (χ0v) is 14.9. The molecule has 1 saturated heterocycles. The maximum atomic E-state index is 13.1. The van der Waals surface area contributed by atoms with Gasteiger partial charge in [0.05, 0.1) is 5.69 Å². The van der Waals surface area contributed by atoms with Gasteiger partial charge in [0.1, 0.15) is 18.0 Å². The molecule has 3 aromatic rings. The molecule has 8 heteroatoms. The van der Waals surface area contributed by atoms with Crippen molar-refractivity contribution in [1.82, 2.24) is 29.6 Å². The van der Waals surface area contributed by atoms with E-state index in [-0.39, 0.29) is 23.5 Å². The molecule has 0 radical (unpaired) electrons. The van der Waals surface area contributed by atoms with Crippen molar-refractivity contribution in [3.05, 3.63) is 60.3 Å². The fourth-order valence-corrected chi connectivity index (χ4v) is 3.27. The van der Waals surface area contributed by atoms with Crippen LogP contribution in [0.1, 0.15) is 35.2 Å². The first-order valence-electron chi connectivity index (χ1n) is 8.84. The number of piperidine rings is 1. The minimum atomic E-state index is -0.271. The largest absolute Gasteiger partial charge is 0.336 e. The Balaban J connectivity index is 1.44. The average Bonchev–Trinajstić information content (AvgIpc) is 3.14. The first-order valence-corrected chi connectivity index (χ1v) is 8.84. The van der Waals surface area contributed by atoms with Crippen LogP contribution in [0.3, 0.4) is 0 Å². The summed E-state index contributed by atoms with van der Waals surface area (Å²) in [6, 6.07) is 8.09. The molecule has 0 saturated carbocycles. The van der Waals surface area contributed by atoms with Gasteiger partial charge in [0, 0.05) is 37.8 Å². The molecule has 1 amide bonds. The number of nitrogens with zero attached hydrogens (tertiary/aromatic N) is 6. The number of carbonyl (C=O) groups is 1. The SMILES string of the molecule is Cn1cnc(C(=O)N2CCC(c3nccc(-c4ccc(F)cc4)n3)CC2)n1. The van der Waals surface area contributed by atoms with Crippen LogP contribution in [0.15, 0.2) is 42.9 Å². The molecule has 0 bridgehead atoms. The highest BCUT2D eigenvalue weighted by atomic mass is 19.1. The highest BCUT2D eigenvalue weighted by Gasteiger charge is 2.27. The number of benzene rings is 1. The van der Waals surface area contributed by atoms with E-state index in [4.69, 9.17) is 0 Å². The zero-order valence-electron chi connectivity index (χ0n) is 14.9. The summed E-state index contributed by atoms with van der Waals surface area (Å²) in [4.78, 5) is 27.3. The highest BCUT2D eigenvalue weighted by molar-refractivity contribution is 5.90. The second-order valence-electron chi connectivity index (χ2n) is 6.62. The van der Waals surface area contributed by atoms with E-state index in [1.807, 2.05) is 6.07 Å². The van der Waals surface area contributed by atoms with Gasteiger partial charge in [-0.15, -0.1) is 5.10 Å². The topological polar surface area (TPSA) is 76.8 Å². The second kappa shape index (κ2) is 7.22. The van der Waals surface area contributed by atoms with Gasteiger partial charge < -0.3 is 4.90 Å². The summed E-state index contributed by atoms with van der Waals surface area (Å²) in [5.74, 6) is 0.763. The maximum Gasteiger partial charge on any atom is 0.293 e. The molecule has 3 heterocycles. The molecule has 1 fully saturated rings.